The van der Waals surface area contributed by atoms with E-state index in [1.165, 1.54) is 14.0 Å². The first-order chi connectivity index (χ1) is 13.3. The Hall–Kier alpha value is -3.12. The Labute approximate surface area is 158 Å². The van der Waals surface area contributed by atoms with Crippen molar-refractivity contribution in [3.8, 4) is 11.8 Å². The number of carbonyl (C=O) groups is 1. The highest BCUT2D eigenvalue weighted by molar-refractivity contribution is 5.82. The van der Waals surface area contributed by atoms with E-state index in [-0.39, 0.29) is 17.9 Å². The predicted molar refractivity (Wildman–Crippen MR) is 90.2 cm³/mol. The van der Waals surface area contributed by atoms with Gasteiger partial charge in [0.1, 0.15) is 29.0 Å². The molecule has 0 fully saturated rings. The summed E-state index contributed by atoms with van der Waals surface area (Å²) in [4.78, 5) is 12.4. The second-order valence-electron chi connectivity index (χ2n) is 5.59. The fourth-order valence-electron chi connectivity index (χ4n) is 2.49. The third-order valence-electron chi connectivity index (χ3n) is 3.83. The first kappa shape index (κ1) is 21.2. The molecule has 1 amide bonds. The lowest BCUT2D eigenvalue weighted by Crippen LogP contribution is -2.32. The summed E-state index contributed by atoms with van der Waals surface area (Å²) in [6.45, 7) is 0.854. The van der Waals surface area contributed by atoms with E-state index in [9.17, 15) is 22.4 Å². The number of nitriles is 1. The Morgan fingerprint density at radius 3 is 2.14 bits per heavy atom. The monoisotopic (exact) mass is 396 g/mol. The molecule has 2 aromatic rings. The quantitative estimate of drug-likeness (QED) is 0.727. The van der Waals surface area contributed by atoms with Crippen LogP contribution in [-0.4, -0.2) is 19.6 Å². The van der Waals surface area contributed by atoms with E-state index in [1.807, 2.05) is 0 Å². The maximum atomic E-state index is 14.3. The first-order valence-electron chi connectivity index (χ1n) is 8.12. The standard InChI is InChI=1S/C19H16F4N2O3/c1-3-28-18(17-15(22)6-11(27-2)7-16(17)23)19(26)25-9-12-13(20)4-10(8-24)5-14(12)21/h4-7,18H,3,9H2,1-2H3,(H,25,26). The van der Waals surface area contributed by atoms with Crippen LogP contribution >= 0.6 is 0 Å². The third kappa shape index (κ3) is 4.58. The van der Waals surface area contributed by atoms with Crippen LogP contribution < -0.4 is 10.1 Å². The van der Waals surface area contributed by atoms with Crippen molar-refractivity contribution in [2.75, 3.05) is 13.7 Å². The number of nitrogens with zero attached hydrogens (tertiary/aromatic N) is 1. The van der Waals surface area contributed by atoms with Gasteiger partial charge in [-0.05, 0) is 19.1 Å². The second-order valence-corrected chi connectivity index (χ2v) is 5.59. The van der Waals surface area contributed by atoms with Crippen molar-refractivity contribution < 1.29 is 31.8 Å². The van der Waals surface area contributed by atoms with Gasteiger partial charge >= 0.3 is 0 Å². The van der Waals surface area contributed by atoms with Gasteiger partial charge in [-0.1, -0.05) is 0 Å². The maximum Gasteiger partial charge on any atom is 0.254 e. The van der Waals surface area contributed by atoms with E-state index < -0.39 is 53.0 Å². The average Bonchev–Trinajstić information content (AvgIpc) is 2.65. The van der Waals surface area contributed by atoms with E-state index in [0.717, 1.165) is 24.3 Å². The molecule has 0 saturated carbocycles. The molecule has 148 valence electrons. The molecule has 9 heteroatoms. The molecule has 1 atom stereocenters. The van der Waals surface area contributed by atoms with Gasteiger partial charge in [0.25, 0.3) is 5.91 Å². The number of hydrogen-bond acceptors (Lipinski definition) is 4. The molecule has 2 aromatic carbocycles. The van der Waals surface area contributed by atoms with E-state index >= 15 is 0 Å². The summed E-state index contributed by atoms with van der Waals surface area (Å²) in [5, 5.41) is 10.9. The van der Waals surface area contributed by atoms with Gasteiger partial charge in [-0.3, -0.25) is 4.79 Å². The summed E-state index contributed by atoms with van der Waals surface area (Å²) in [5.41, 5.74) is -1.38. The van der Waals surface area contributed by atoms with Gasteiger partial charge in [0.05, 0.1) is 24.3 Å². The van der Waals surface area contributed by atoms with Gasteiger partial charge in [-0.2, -0.15) is 5.26 Å². The van der Waals surface area contributed by atoms with E-state index in [2.05, 4.69) is 5.32 Å². The van der Waals surface area contributed by atoms with E-state index in [4.69, 9.17) is 14.7 Å². The minimum absolute atomic E-state index is 0.0530. The SMILES string of the molecule is CCOC(C(=O)NCc1c(F)cc(C#N)cc1F)c1c(F)cc(OC)cc1F. The topological polar surface area (TPSA) is 71.3 Å². The van der Waals surface area contributed by atoms with Gasteiger partial charge in [-0.25, -0.2) is 17.6 Å². The summed E-state index contributed by atoms with van der Waals surface area (Å²) >= 11 is 0. The van der Waals surface area contributed by atoms with Gasteiger partial charge in [0.15, 0.2) is 6.10 Å². The summed E-state index contributed by atoms with van der Waals surface area (Å²) in [5.74, 6) is -5.29. The molecule has 1 N–H and O–H groups in total. The smallest absolute Gasteiger partial charge is 0.254 e. The lowest BCUT2D eigenvalue weighted by molar-refractivity contribution is -0.133. The van der Waals surface area contributed by atoms with Crippen LogP contribution in [0.15, 0.2) is 24.3 Å². The molecule has 0 aromatic heterocycles. The van der Waals surface area contributed by atoms with Gasteiger partial charge in [0, 0.05) is 30.8 Å². The number of benzene rings is 2. The van der Waals surface area contributed by atoms with Crippen molar-refractivity contribution in [1.82, 2.24) is 5.32 Å². The molecular formula is C19H16F4N2O3. The molecule has 0 radical (unpaired) electrons. The normalized spacial score (nSPS) is 11.6. The largest absolute Gasteiger partial charge is 0.497 e. The number of halogens is 4. The van der Waals surface area contributed by atoms with Crippen LogP contribution in [0.2, 0.25) is 0 Å². The fourth-order valence-corrected chi connectivity index (χ4v) is 2.49. The Bertz CT molecular complexity index is 882. The average molecular weight is 396 g/mol. The van der Waals surface area contributed by atoms with Crippen molar-refractivity contribution >= 4 is 5.91 Å². The molecule has 5 nitrogen and oxygen atoms in total. The Kier molecular flexibility index (Phi) is 6.95. The highest BCUT2D eigenvalue weighted by atomic mass is 19.1. The number of amides is 1. The zero-order chi connectivity index (χ0) is 20.8. The number of nitrogens with one attached hydrogen (secondary N) is 1. The molecule has 0 aliphatic rings. The number of rotatable bonds is 7. The van der Waals surface area contributed by atoms with Crippen LogP contribution in [0.5, 0.6) is 5.75 Å². The minimum Gasteiger partial charge on any atom is -0.497 e. The Morgan fingerprint density at radius 1 is 1.11 bits per heavy atom. The second kappa shape index (κ2) is 9.19. The van der Waals surface area contributed by atoms with Crippen molar-refractivity contribution in [2.45, 2.75) is 19.6 Å². The zero-order valence-electron chi connectivity index (χ0n) is 15.0. The van der Waals surface area contributed by atoms with Crippen molar-refractivity contribution in [3.63, 3.8) is 0 Å². The molecule has 1 unspecified atom stereocenters. The zero-order valence-corrected chi connectivity index (χ0v) is 15.0. The van der Waals surface area contributed by atoms with Crippen molar-refractivity contribution in [2.24, 2.45) is 0 Å². The molecular weight excluding hydrogens is 380 g/mol. The maximum absolute atomic E-state index is 14.3. The van der Waals surface area contributed by atoms with Crippen LogP contribution in [0, 0.1) is 34.6 Å². The number of carbonyl (C=O) groups excluding carboxylic acids is 1. The molecule has 28 heavy (non-hydrogen) atoms. The molecule has 0 spiro atoms. The highest BCUT2D eigenvalue weighted by Gasteiger charge is 2.29. The molecule has 0 aliphatic heterocycles. The van der Waals surface area contributed by atoms with Crippen LogP contribution in [0.1, 0.15) is 29.7 Å². The summed E-state index contributed by atoms with van der Waals surface area (Å²) in [6.07, 6.45) is -1.68. The fraction of sp³-hybridized carbons (Fsp3) is 0.263. The summed E-state index contributed by atoms with van der Waals surface area (Å²) < 4.78 is 66.3. The molecule has 2 rings (SSSR count). The third-order valence-corrected chi connectivity index (χ3v) is 3.83. The first-order valence-corrected chi connectivity index (χ1v) is 8.12. The Balaban J connectivity index is 2.27. The van der Waals surface area contributed by atoms with E-state index in [0.29, 0.717) is 0 Å². The molecule has 0 saturated heterocycles. The van der Waals surface area contributed by atoms with Gasteiger partial charge in [0.2, 0.25) is 0 Å². The lowest BCUT2D eigenvalue weighted by Gasteiger charge is -2.19. The minimum atomic E-state index is -1.68. The van der Waals surface area contributed by atoms with Crippen molar-refractivity contribution in [1.29, 1.82) is 5.26 Å². The van der Waals surface area contributed by atoms with Crippen LogP contribution in [0.25, 0.3) is 0 Å². The van der Waals surface area contributed by atoms with Crippen LogP contribution in [-0.2, 0) is 16.1 Å². The number of ether oxygens (including phenoxy) is 2. The Morgan fingerprint density at radius 2 is 1.68 bits per heavy atom. The number of hydrogen-bond donors (Lipinski definition) is 1. The molecule has 0 aliphatic carbocycles. The van der Waals surface area contributed by atoms with Gasteiger partial charge < -0.3 is 14.8 Å². The number of methoxy groups -OCH3 is 1. The summed E-state index contributed by atoms with van der Waals surface area (Å²) in [6, 6.07) is 5.00. The molecule has 0 heterocycles. The van der Waals surface area contributed by atoms with E-state index in [1.54, 1.807) is 6.07 Å². The lowest BCUT2D eigenvalue weighted by atomic mass is 10.1. The van der Waals surface area contributed by atoms with Gasteiger partial charge in [-0.15, -0.1) is 0 Å². The predicted octanol–water partition coefficient (Wildman–Crippen LogP) is 3.52. The summed E-state index contributed by atoms with van der Waals surface area (Å²) in [7, 11) is 1.22. The van der Waals surface area contributed by atoms with Crippen molar-refractivity contribution in [3.05, 3.63) is 64.2 Å². The van der Waals surface area contributed by atoms with Crippen LogP contribution in [0.4, 0.5) is 17.6 Å². The van der Waals surface area contributed by atoms with Crippen LogP contribution in [0.3, 0.4) is 0 Å². The molecule has 0 bridgehead atoms. The highest BCUT2D eigenvalue weighted by Crippen LogP contribution is 2.28.